The van der Waals surface area contributed by atoms with Crippen molar-refractivity contribution in [3.8, 4) is 18.1 Å². The first-order valence-corrected chi connectivity index (χ1v) is 7.69. The van der Waals surface area contributed by atoms with Gasteiger partial charge in [0.25, 0.3) is 0 Å². The Balaban J connectivity index is 1.83. The second kappa shape index (κ2) is 8.38. The summed E-state index contributed by atoms with van der Waals surface area (Å²) in [6.07, 6.45) is 4.84. The minimum atomic E-state index is -0.558. The maximum atomic E-state index is 10.2. The molecule has 0 bridgehead atoms. The molecule has 0 radical (unpaired) electrons. The predicted octanol–water partition coefficient (Wildman–Crippen LogP) is 2.85. The number of ether oxygens (including phenoxy) is 1. The SMILES string of the molecule is C#Cc1ccc(C)c(OC[C@@H](O)CN(C)Cc2ccccc2)c1. The summed E-state index contributed by atoms with van der Waals surface area (Å²) in [6, 6.07) is 15.8. The maximum absolute atomic E-state index is 10.2. The van der Waals surface area contributed by atoms with Crippen molar-refractivity contribution in [2.75, 3.05) is 20.2 Å². The Bertz CT molecular complexity index is 661. The number of aryl methyl sites for hydroxylation is 1. The van der Waals surface area contributed by atoms with Crippen LogP contribution in [-0.4, -0.2) is 36.3 Å². The van der Waals surface area contributed by atoms with Crippen molar-refractivity contribution in [1.29, 1.82) is 0 Å². The Morgan fingerprint density at radius 3 is 2.65 bits per heavy atom. The first-order chi connectivity index (χ1) is 11.1. The van der Waals surface area contributed by atoms with Gasteiger partial charge in [-0.15, -0.1) is 6.42 Å². The summed E-state index contributed by atoms with van der Waals surface area (Å²) in [5.41, 5.74) is 3.01. The Hall–Kier alpha value is -2.28. The number of likely N-dealkylation sites (N-methyl/N-ethyl adjacent to an activating group) is 1. The molecule has 0 saturated heterocycles. The van der Waals surface area contributed by atoms with Gasteiger partial charge in [-0.1, -0.05) is 42.3 Å². The topological polar surface area (TPSA) is 32.7 Å². The fourth-order valence-electron chi connectivity index (χ4n) is 2.40. The molecule has 1 N–H and O–H groups in total. The standard InChI is InChI=1S/C20H23NO2/c1-4-17-11-10-16(2)20(12-17)23-15-19(22)14-21(3)13-18-8-6-5-7-9-18/h1,5-12,19,22H,13-15H2,2-3H3/t19-/m0/s1. The van der Waals surface area contributed by atoms with Gasteiger partial charge in [-0.25, -0.2) is 0 Å². The van der Waals surface area contributed by atoms with E-state index in [0.29, 0.717) is 6.54 Å². The lowest BCUT2D eigenvalue weighted by atomic mass is 10.1. The van der Waals surface area contributed by atoms with E-state index >= 15 is 0 Å². The van der Waals surface area contributed by atoms with Crippen LogP contribution in [0.25, 0.3) is 0 Å². The van der Waals surface area contributed by atoms with Crippen molar-refractivity contribution < 1.29 is 9.84 Å². The Labute approximate surface area is 138 Å². The zero-order valence-corrected chi connectivity index (χ0v) is 13.7. The number of rotatable bonds is 7. The van der Waals surface area contributed by atoms with Crippen molar-refractivity contribution >= 4 is 0 Å². The molecule has 0 aliphatic rings. The highest BCUT2D eigenvalue weighted by Gasteiger charge is 2.10. The number of aliphatic hydroxyl groups excluding tert-OH is 1. The molecule has 2 aromatic rings. The fourth-order valence-corrected chi connectivity index (χ4v) is 2.40. The van der Waals surface area contributed by atoms with Gasteiger partial charge in [-0.2, -0.15) is 0 Å². The van der Waals surface area contributed by atoms with Gasteiger partial charge in [0.2, 0.25) is 0 Å². The quantitative estimate of drug-likeness (QED) is 0.798. The van der Waals surface area contributed by atoms with Crippen LogP contribution < -0.4 is 4.74 Å². The molecule has 0 heterocycles. The number of terminal acetylenes is 1. The Kier molecular flexibility index (Phi) is 6.22. The molecule has 3 nitrogen and oxygen atoms in total. The van der Waals surface area contributed by atoms with Crippen LogP contribution in [0.3, 0.4) is 0 Å². The molecule has 0 fully saturated rings. The lowest BCUT2D eigenvalue weighted by Crippen LogP contribution is -2.32. The molecule has 0 aliphatic heterocycles. The van der Waals surface area contributed by atoms with Crippen LogP contribution in [-0.2, 0) is 6.54 Å². The zero-order chi connectivity index (χ0) is 16.7. The number of hydrogen-bond donors (Lipinski definition) is 1. The molecule has 0 amide bonds. The van der Waals surface area contributed by atoms with Gasteiger partial charge in [-0.05, 0) is 37.2 Å². The lowest BCUT2D eigenvalue weighted by molar-refractivity contribution is 0.0741. The summed E-state index contributed by atoms with van der Waals surface area (Å²) < 4.78 is 5.72. The van der Waals surface area contributed by atoms with Crippen LogP contribution in [0.2, 0.25) is 0 Å². The van der Waals surface area contributed by atoms with E-state index < -0.39 is 6.10 Å². The Morgan fingerprint density at radius 1 is 1.22 bits per heavy atom. The van der Waals surface area contributed by atoms with E-state index in [9.17, 15) is 5.11 Å². The predicted molar refractivity (Wildman–Crippen MR) is 93.4 cm³/mol. The number of nitrogens with zero attached hydrogens (tertiary/aromatic N) is 1. The second-order valence-corrected chi connectivity index (χ2v) is 5.77. The van der Waals surface area contributed by atoms with Crippen molar-refractivity contribution in [2.45, 2.75) is 19.6 Å². The molecule has 23 heavy (non-hydrogen) atoms. The van der Waals surface area contributed by atoms with Gasteiger partial charge in [0, 0.05) is 18.7 Å². The van der Waals surface area contributed by atoms with Crippen LogP contribution in [0.4, 0.5) is 0 Å². The molecular formula is C20H23NO2. The largest absolute Gasteiger partial charge is 0.491 e. The van der Waals surface area contributed by atoms with Crippen LogP contribution in [0.5, 0.6) is 5.75 Å². The monoisotopic (exact) mass is 309 g/mol. The first-order valence-electron chi connectivity index (χ1n) is 7.69. The third-order valence-corrected chi connectivity index (χ3v) is 3.60. The third-order valence-electron chi connectivity index (χ3n) is 3.60. The van der Waals surface area contributed by atoms with Crippen molar-refractivity contribution in [3.05, 3.63) is 65.2 Å². The van der Waals surface area contributed by atoms with E-state index in [4.69, 9.17) is 11.2 Å². The lowest BCUT2D eigenvalue weighted by Gasteiger charge is -2.21. The molecule has 0 saturated carbocycles. The highest BCUT2D eigenvalue weighted by Crippen LogP contribution is 2.19. The van der Waals surface area contributed by atoms with E-state index in [2.05, 4.69) is 23.0 Å². The summed E-state index contributed by atoms with van der Waals surface area (Å²) >= 11 is 0. The summed E-state index contributed by atoms with van der Waals surface area (Å²) in [4.78, 5) is 2.08. The maximum Gasteiger partial charge on any atom is 0.123 e. The van der Waals surface area contributed by atoms with E-state index in [1.165, 1.54) is 5.56 Å². The normalized spacial score (nSPS) is 12.0. The molecular weight excluding hydrogens is 286 g/mol. The average molecular weight is 309 g/mol. The van der Waals surface area contributed by atoms with Crippen molar-refractivity contribution in [1.82, 2.24) is 4.90 Å². The number of aliphatic hydroxyl groups is 1. The first kappa shape index (κ1) is 17.1. The molecule has 1 atom stereocenters. The molecule has 2 aromatic carbocycles. The van der Waals surface area contributed by atoms with E-state index in [1.54, 1.807) is 0 Å². The fraction of sp³-hybridized carbons (Fsp3) is 0.300. The van der Waals surface area contributed by atoms with Crippen LogP contribution in [0.1, 0.15) is 16.7 Å². The molecule has 0 aromatic heterocycles. The van der Waals surface area contributed by atoms with Crippen molar-refractivity contribution in [2.24, 2.45) is 0 Å². The average Bonchev–Trinajstić information content (AvgIpc) is 2.55. The minimum absolute atomic E-state index is 0.244. The summed E-state index contributed by atoms with van der Waals surface area (Å²) in [6.45, 7) is 3.55. The number of hydrogen-bond acceptors (Lipinski definition) is 3. The highest BCUT2D eigenvalue weighted by atomic mass is 16.5. The van der Waals surface area contributed by atoms with Gasteiger partial charge in [0.15, 0.2) is 0 Å². The van der Waals surface area contributed by atoms with Gasteiger partial charge in [0.1, 0.15) is 18.5 Å². The zero-order valence-electron chi connectivity index (χ0n) is 13.7. The molecule has 0 spiro atoms. The summed E-state index contributed by atoms with van der Waals surface area (Å²) in [5.74, 6) is 3.32. The number of benzene rings is 2. The van der Waals surface area contributed by atoms with Crippen molar-refractivity contribution in [3.63, 3.8) is 0 Å². The van der Waals surface area contributed by atoms with Crippen LogP contribution in [0, 0.1) is 19.3 Å². The smallest absolute Gasteiger partial charge is 0.123 e. The van der Waals surface area contributed by atoms with Crippen LogP contribution in [0.15, 0.2) is 48.5 Å². The molecule has 0 aliphatic carbocycles. The summed E-state index contributed by atoms with van der Waals surface area (Å²) in [5, 5.41) is 10.2. The second-order valence-electron chi connectivity index (χ2n) is 5.77. The van der Waals surface area contributed by atoms with Crippen LogP contribution >= 0.6 is 0 Å². The minimum Gasteiger partial charge on any atom is -0.491 e. The van der Waals surface area contributed by atoms with E-state index in [-0.39, 0.29) is 6.61 Å². The van der Waals surface area contributed by atoms with E-state index in [0.717, 1.165) is 23.4 Å². The van der Waals surface area contributed by atoms with Gasteiger partial charge in [0.05, 0.1) is 0 Å². The molecule has 0 unspecified atom stereocenters. The molecule has 3 heteroatoms. The molecule has 2 rings (SSSR count). The van der Waals surface area contributed by atoms with Gasteiger partial charge >= 0.3 is 0 Å². The summed E-state index contributed by atoms with van der Waals surface area (Å²) in [7, 11) is 1.99. The Morgan fingerprint density at radius 2 is 1.96 bits per heavy atom. The highest BCUT2D eigenvalue weighted by molar-refractivity contribution is 5.43. The van der Waals surface area contributed by atoms with Gasteiger partial charge in [-0.3, -0.25) is 4.90 Å². The van der Waals surface area contributed by atoms with Gasteiger partial charge < -0.3 is 9.84 Å². The third kappa shape index (κ3) is 5.45. The molecule has 120 valence electrons. The van der Waals surface area contributed by atoms with E-state index in [1.807, 2.05) is 50.4 Å².